The Kier molecular flexibility index (Phi) is 2.16. The van der Waals surface area contributed by atoms with E-state index in [-0.39, 0.29) is 0 Å². The van der Waals surface area contributed by atoms with Gasteiger partial charge in [-0.25, -0.2) is 4.68 Å². The van der Waals surface area contributed by atoms with Crippen LogP contribution in [0.3, 0.4) is 0 Å². The quantitative estimate of drug-likeness (QED) is 0.792. The second-order valence-electron chi connectivity index (χ2n) is 4.70. The smallest absolute Gasteiger partial charge is 0.121 e. The first-order valence-corrected chi connectivity index (χ1v) is 5.87. The van der Waals surface area contributed by atoms with Gasteiger partial charge >= 0.3 is 0 Å². The van der Waals surface area contributed by atoms with Crippen molar-refractivity contribution in [3.63, 3.8) is 0 Å². The maximum absolute atomic E-state index is 5.87. The minimum absolute atomic E-state index is 0.523. The van der Waals surface area contributed by atoms with Crippen LogP contribution in [0.25, 0.3) is 0 Å². The summed E-state index contributed by atoms with van der Waals surface area (Å²) >= 11 is 0. The van der Waals surface area contributed by atoms with Gasteiger partial charge in [0.25, 0.3) is 0 Å². The van der Waals surface area contributed by atoms with Crippen LogP contribution < -0.4 is 5.73 Å². The maximum Gasteiger partial charge on any atom is 0.121 e. The topological polar surface area (TPSA) is 47.1 Å². The van der Waals surface area contributed by atoms with Crippen LogP contribution in [0.5, 0.6) is 0 Å². The molecular formula is C11H18N4. The Labute approximate surface area is 90.0 Å². The van der Waals surface area contributed by atoms with Crippen molar-refractivity contribution in [3.05, 3.63) is 12.3 Å². The van der Waals surface area contributed by atoms with E-state index in [2.05, 4.69) is 10.00 Å². The number of piperidine rings is 1. The summed E-state index contributed by atoms with van der Waals surface area (Å²) in [5.41, 5.74) is 5.87. The first kappa shape index (κ1) is 9.21. The molecule has 1 aromatic rings. The highest BCUT2D eigenvalue weighted by atomic mass is 15.3. The van der Waals surface area contributed by atoms with E-state index in [0.717, 1.165) is 11.9 Å². The number of anilines is 1. The molecule has 82 valence electrons. The van der Waals surface area contributed by atoms with Gasteiger partial charge in [0.1, 0.15) is 5.82 Å². The Hall–Kier alpha value is -1.03. The zero-order valence-corrected chi connectivity index (χ0v) is 8.97. The Morgan fingerprint density at radius 2 is 1.87 bits per heavy atom. The fourth-order valence-corrected chi connectivity index (χ4v) is 2.56. The van der Waals surface area contributed by atoms with Gasteiger partial charge in [0.05, 0.1) is 12.2 Å². The third-order valence-corrected chi connectivity index (χ3v) is 3.61. The number of likely N-dealkylation sites (tertiary alicyclic amines) is 1. The summed E-state index contributed by atoms with van der Waals surface area (Å²) in [5, 5.41) is 4.30. The van der Waals surface area contributed by atoms with E-state index < -0.39 is 0 Å². The summed E-state index contributed by atoms with van der Waals surface area (Å²) in [7, 11) is 0. The maximum atomic E-state index is 5.87. The lowest BCUT2D eigenvalue weighted by molar-refractivity contribution is 0.173. The minimum Gasteiger partial charge on any atom is -0.384 e. The lowest BCUT2D eigenvalue weighted by Gasteiger charge is -2.32. The summed E-state index contributed by atoms with van der Waals surface area (Å²) in [5.74, 6) is 0.805. The minimum atomic E-state index is 0.523. The Bertz CT molecular complexity index is 334. The second kappa shape index (κ2) is 3.52. The van der Waals surface area contributed by atoms with Crippen molar-refractivity contribution in [2.75, 3.05) is 18.8 Å². The standard InChI is InChI=1S/C11H18N4/c12-11-3-6-13-15(11)10-4-7-14(8-5-10)9-1-2-9/h3,6,9-10H,1-2,4-5,7-8,12H2. The number of nitrogen functional groups attached to an aromatic ring is 1. The van der Waals surface area contributed by atoms with Gasteiger partial charge < -0.3 is 10.6 Å². The number of nitrogens with zero attached hydrogens (tertiary/aromatic N) is 3. The molecule has 1 aliphatic carbocycles. The fourth-order valence-electron chi connectivity index (χ4n) is 2.56. The van der Waals surface area contributed by atoms with E-state index in [1.807, 2.05) is 10.7 Å². The van der Waals surface area contributed by atoms with Crippen LogP contribution in [0, 0.1) is 0 Å². The van der Waals surface area contributed by atoms with Gasteiger partial charge in [0, 0.05) is 19.1 Å². The van der Waals surface area contributed by atoms with Crippen LogP contribution in [0.15, 0.2) is 12.3 Å². The Morgan fingerprint density at radius 3 is 2.40 bits per heavy atom. The first-order chi connectivity index (χ1) is 7.34. The SMILES string of the molecule is Nc1ccnn1C1CCN(C2CC2)CC1. The van der Waals surface area contributed by atoms with Crippen molar-refractivity contribution in [3.8, 4) is 0 Å². The molecule has 1 saturated carbocycles. The van der Waals surface area contributed by atoms with Crippen molar-refractivity contribution in [2.24, 2.45) is 0 Å². The molecule has 4 nitrogen and oxygen atoms in total. The predicted octanol–water partition coefficient (Wildman–Crippen LogP) is 1.26. The van der Waals surface area contributed by atoms with Gasteiger partial charge in [0.2, 0.25) is 0 Å². The molecule has 3 rings (SSSR count). The van der Waals surface area contributed by atoms with Gasteiger partial charge in [-0.15, -0.1) is 0 Å². The molecule has 4 heteroatoms. The molecule has 1 aromatic heterocycles. The third-order valence-electron chi connectivity index (χ3n) is 3.61. The molecule has 1 aliphatic heterocycles. The molecule has 0 aromatic carbocycles. The van der Waals surface area contributed by atoms with Gasteiger partial charge in [0.15, 0.2) is 0 Å². The average Bonchev–Trinajstić information content (AvgIpc) is 3.02. The summed E-state index contributed by atoms with van der Waals surface area (Å²) in [6, 6.07) is 3.31. The Balaban J connectivity index is 1.63. The van der Waals surface area contributed by atoms with E-state index in [1.54, 1.807) is 6.20 Å². The van der Waals surface area contributed by atoms with Crippen LogP contribution >= 0.6 is 0 Å². The van der Waals surface area contributed by atoms with Gasteiger partial charge in [-0.2, -0.15) is 5.10 Å². The zero-order chi connectivity index (χ0) is 10.3. The molecular weight excluding hydrogens is 188 g/mol. The molecule has 0 atom stereocenters. The van der Waals surface area contributed by atoms with E-state index in [9.17, 15) is 0 Å². The van der Waals surface area contributed by atoms with Crippen molar-refractivity contribution < 1.29 is 0 Å². The third kappa shape index (κ3) is 1.74. The lowest BCUT2D eigenvalue weighted by atomic mass is 10.1. The van der Waals surface area contributed by atoms with Crippen LogP contribution in [0.1, 0.15) is 31.7 Å². The normalized spacial score (nSPS) is 24.5. The van der Waals surface area contributed by atoms with Crippen LogP contribution in [0.4, 0.5) is 5.82 Å². The number of hydrogen-bond donors (Lipinski definition) is 1. The molecule has 1 saturated heterocycles. The van der Waals surface area contributed by atoms with Gasteiger partial charge in [-0.1, -0.05) is 0 Å². The van der Waals surface area contributed by atoms with Crippen molar-refractivity contribution >= 4 is 5.82 Å². The average molecular weight is 206 g/mol. The molecule has 2 aliphatic rings. The second-order valence-corrected chi connectivity index (χ2v) is 4.70. The van der Waals surface area contributed by atoms with Crippen LogP contribution in [-0.2, 0) is 0 Å². The highest BCUT2D eigenvalue weighted by Crippen LogP contribution is 2.32. The molecule has 15 heavy (non-hydrogen) atoms. The van der Waals surface area contributed by atoms with E-state index >= 15 is 0 Å². The monoisotopic (exact) mass is 206 g/mol. The molecule has 2 N–H and O–H groups in total. The number of rotatable bonds is 2. The van der Waals surface area contributed by atoms with E-state index in [1.165, 1.54) is 38.8 Å². The van der Waals surface area contributed by atoms with E-state index in [4.69, 9.17) is 5.73 Å². The predicted molar refractivity (Wildman–Crippen MR) is 59.5 cm³/mol. The number of hydrogen-bond acceptors (Lipinski definition) is 3. The molecule has 0 amide bonds. The highest BCUT2D eigenvalue weighted by molar-refractivity contribution is 5.26. The van der Waals surface area contributed by atoms with Gasteiger partial charge in [-0.3, -0.25) is 0 Å². The number of aromatic nitrogens is 2. The molecule has 0 bridgehead atoms. The van der Waals surface area contributed by atoms with Crippen LogP contribution in [0.2, 0.25) is 0 Å². The summed E-state index contributed by atoms with van der Waals surface area (Å²) in [4.78, 5) is 2.62. The summed E-state index contributed by atoms with van der Waals surface area (Å²) in [6.45, 7) is 2.43. The van der Waals surface area contributed by atoms with Crippen molar-refractivity contribution in [1.82, 2.24) is 14.7 Å². The van der Waals surface area contributed by atoms with Crippen LogP contribution in [-0.4, -0.2) is 33.8 Å². The molecule has 2 heterocycles. The zero-order valence-electron chi connectivity index (χ0n) is 8.97. The van der Waals surface area contributed by atoms with Crippen molar-refractivity contribution in [2.45, 2.75) is 37.8 Å². The summed E-state index contributed by atoms with van der Waals surface area (Å²) < 4.78 is 1.99. The molecule has 2 fully saturated rings. The fraction of sp³-hybridized carbons (Fsp3) is 0.727. The first-order valence-electron chi connectivity index (χ1n) is 5.87. The molecule has 0 unspecified atom stereocenters. The highest BCUT2D eigenvalue weighted by Gasteiger charge is 2.32. The van der Waals surface area contributed by atoms with E-state index in [0.29, 0.717) is 6.04 Å². The van der Waals surface area contributed by atoms with Gasteiger partial charge in [-0.05, 0) is 31.7 Å². The molecule has 0 spiro atoms. The largest absolute Gasteiger partial charge is 0.384 e. The van der Waals surface area contributed by atoms with Crippen molar-refractivity contribution in [1.29, 1.82) is 0 Å². The molecule has 0 radical (unpaired) electrons. The summed E-state index contributed by atoms with van der Waals surface area (Å²) in [6.07, 6.45) is 7.01. The number of nitrogens with two attached hydrogens (primary N) is 1. The Morgan fingerprint density at radius 1 is 1.13 bits per heavy atom. The lowest BCUT2D eigenvalue weighted by Crippen LogP contribution is -2.36.